The Morgan fingerprint density at radius 2 is 1.64 bits per heavy atom. The summed E-state index contributed by atoms with van der Waals surface area (Å²) in [6.45, 7) is 9.32. The second-order valence-corrected chi connectivity index (χ2v) is 7.54. The number of aryl methyl sites for hydroxylation is 1. The average Bonchev–Trinajstić information content (AvgIpc) is 3.02. The van der Waals surface area contributed by atoms with Gasteiger partial charge in [0.1, 0.15) is 0 Å². The largest absolute Gasteiger partial charge is 0.0651 e. The molecular formula is C25H32. The maximum Gasteiger partial charge on any atom is 0.0127 e. The van der Waals surface area contributed by atoms with Crippen LogP contribution in [0, 0.1) is 5.92 Å². The number of hydrogen-bond donors (Lipinski definition) is 0. The van der Waals surface area contributed by atoms with Crippen molar-refractivity contribution < 1.29 is 0 Å². The second kappa shape index (κ2) is 8.04. The summed E-state index contributed by atoms with van der Waals surface area (Å²) in [7, 11) is 0. The third kappa shape index (κ3) is 3.45. The van der Waals surface area contributed by atoms with Crippen LogP contribution < -0.4 is 0 Å². The first-order valence-electron chi connectivity index (χ1n) is 10.1. The van der Waals surface area contributed by atoms with Crippen LogP contribution in [0.3, 0.4) is 0 Å². The Morgan fingerprint density at radius 1 is 0.880 bits per heavy atom. The van der Waals surface area contributed by atoms with Gasteiger partial charge in [-0.05, 0) is 52.1 Å². The van der Waals surface area contributed by atoms with Crippen LogP contribution in [0.1, 0.15) is 80.7 Å². The van der Waals surface area contributed by atoms with Gasteiger partial charge in [0.2, 0.25) is 0 Å². The minimum atomic E-state index is 0.536. The summed E-state index contributed by atoms with van der Waals surface area (Å²) < 4.78 is 0. The first-order valence-corrected chi connectivity index (χ1v) is 10.1. The molecule has 0 nitrogen and oxygen atoms in total. The van der Waals surface area contributed by atoms with Crippen molar-refractivity contribution in [1.82, 2.24) is 0 Å². The summed E-state index contributed by atoms with van der Waals surface area (Å²) in [5.41, 5.74) is 9.16. The van der Waals surface area contributed by atoms with Gasteiger partial charge in [-0.25, -0.2) is 0 Å². The zero-order chi connectivity index (χ0) is 17.8. The summed E-state index contributed by atoms with van der Waals surface area (Å²) in [6.07, 6.45) is 8.49. The maximum atomic E-state index is 2.47. The van der Waals surface area contributed by atoms with Crippen molar-refractivity contribution in [1.29, 1.82) is 0 Å². The highest BCUT2D eigenvalue weighted by Crippen LogP contribution is 2.48. The van der Waals surface area contributed by atoms with Crippen LogP contribution in [0.4, 0.5) is 0 Å². The Labute approximate surface area is 154 Å². The van der Waals surface area contributed by atoms with E-state index < -0.39 is 0 Å². The van der Waals surface area contributed by atoms with Gasteiger partial charge in [0.15, 0.2) is 0 Å². The van der Waals surface area contributed by atoms with Crippen molar-refractivity contribution in [2.75, 3.05) is 0 Å². The van der Waals surface area contributed by atoms with Crippen molar-refractivity contribution >= 4 is 11.6 Å². The second-order valence-electron chi connectivity index (χ2n) is 7.54. The fraction of sp³-hybridized carbons (Fsp3) is 0.440. The molecule has 2 atom stereocenters. The van der Waals surface area contributed by atoms with Gasteiger partial charge in [-0.3, -0.25) is 0 Å². The van der Waals surface area contributed by atoms with Gasteiger partial charge in [-0.1, -0.05) is 95.5 Å². The molecule has 0 bridgehead atoms. The van der Waals surface area contributed by atoms with E-state index in [0.717, 1.165) is 0 Å². The van der Waals surface area contributed by atoms with Gasteiger partial charge in [0, 0.05) is 5.92 Å². The van der Waals surface area contributed by atoms with E-state index in [9.17, 15) is 0 Å². The topological polar surface area (TPSA) is 0 Å². The van der Waals surface area contributed by atoms with Crippen LogP contribution in [0.15, 0.2) is 42.5 Å². The Bertz CT molecular complexity index is 750. The molecule has 0 spiro atoms. The normalized spacial score (nSPS) is 17.3. The molecule has 2 unspecified atom stereocenters. The monoisotopic (exact) mass is 332 g/mol. The summed E-state index contributed by atoms with van der Waals surface area (Å²) in [4.78, 5) is 0. The zero-order valence-corrected chi connectivity index (χ0v) is 16.3. The molecule has 2 aromatic rings. The molecular weight excluding hydrogens is 300 g/mol. The van der Waals surface area contributed by atoms with Crippen molar-refractivity contribution in [3.63, 3.8) is 0 Å². The Morgan fingerprint density at radius 3 is 2.36 bits per heavy atom. The van der Waals surface area contributed by atoms with Crippen LogP contribution in [0.25, 0.3) is 11.6 Å². The lowest BCUT2D eigenvalue weighted by Gasteiger charge is -2.25. The van der Waals surface area contributed by atoms with Crippen LogP contribution >= 0.6 is 0 Å². The molecule has 0 heterocycles. The van der Waals surface area contributed by atoms with Crippen LogP contribution in [0.5, 0.6) is 0 Å². The standard InChI is InChI=1S/C25H32/c1-5-11-19-14-10-16-23(21(19)12-6-2)24-17-20-13-8-9-15-22(20)25(24)18(4)7-3/h8-10,13-18,25H,5-7,11-12H2,1-4H3. The molecule has 0 N–H and O–H groups in total. The van der Waals surface area contributed by atoms with E-state index in [4.69, 9.17) is 0 Å². The summed E-state index contributed by atoms with van der Waals surface area (Å²) in [6, 6.07) is 16.0. The minimum Gasteiger partial charge on any atom is -0.0651 e. The van der Waals surface area contributed by atoms with Crippen LogP contribution in [-0.2, 0) is 12.8 Å². The predicted molar refractivity (Wildman–Crippen MR) is 111 cm³/mol. The highest BCUT2D eigenvalue weighted by atomic mass is 14.3. The lowest BCUT2D eigenvalue weighted by Crippen LogP contribution is -2.11. The molecule has 132 valence electrons. The third-order valence-corrected chi connectivity index (χ3v) is 5.79. The molecule has 0 saturated heterocycles. The summed E-state index contributed by atoms with van der Waals surface area (Å²) in [5.74, 6) is 1.20. The molecule has 0 fully saturated rings. The van der Waals surface area contributed by atoms with Gasteiger partial charge in [-0.15, -0.1) is 0 Å². The first-order chi connectivity index (χ1) is 12.2. The molecule has 0 aromatic heterocycles. The third-order valence-electron chi connectivity index (χ3n) is 5.79. The number of hydrogen-bond acceptors (Lipinski definition) is 0. The fourth-order valence-corrected chi connectivity index (χ4v) is 4.40. The number of fused-ring (bicyclic) bond motifs is 1. The van der Waals surface area contributed by atoms with E-state index in [0.29, 0.717) is 11.8 Å². The SMILES string of the molecule is CCCc1cccc(C2=Cc3ccccc3C2C(C)CC)c1CCC. The molecule has 0 aliphatic heterocycles. The predicted octanol–water partition coefficient (Wildman–Crippen LogP) is 7.28. The van der Waals surface area contributed by atoms with Crippen molar-refractivity contribution in [2.24, 2.45) is 5.92 Å². The van der Waals surface area contributed by atoms with Crippen molar-refractivity contribution in [3.05, 3.63) is 70.3 Å². The molecule has 25 heavy (non-hydrogen) atoms. The Balaban J connectivity index is 2.13. The minimum absolute atomic E-state index is 0.536. The quantitative estimate of drug-likeness (QED) is 0.500. The van der Waals surface area contributed by atoms with Crippen molar-refractivity contribution in [2.45, 2.75) is 65.7 Å². The molecule has 0 saturated carbocycles. The van der Waals surface area contributed by atoms with Gasteiger partial charge < -0.3 is 0 Å². The maximum absolute atomic E-state index is 2.47. The number of rotatable bonds is 7. The molecule has 3 rings (SSSR count). The van der Waals surface area contributed by atoms with E-state index in [2.05, 4.69) is 76.2 Å². The number of benzene rings is 2. The molecule has 1 aliphatic rings. The molecule has 1 aliphatic carbocycles. The highest BCUT2D eigenvalue weighted by molar-refractivity contribution is 5.92. The molecule has 0 heteroatoms. The average molecular weight is 333 g/mol. The first kappa shape index (κ1) is 18.0. The lowest BCUT2D eigenvalue weighted by molar-refractivity contribution is 0.520. The number of allylic oxidation sites excluding steroid dienone is 1. The van der Waals surface area contributed by atoms with Gasteiger partial charge in [-0.2, -0.15) is 0 Å². The van der Waals surface area contributed by atoms with Gasteiger partial charge in [0.25, 0.3) is 0 Å². The van der Waals surface area contributed by atoms with E-state index in [1.54, 1.807) is 16.7 Å². The van der Waals surface area contributed by atoms with Gasteiger partial charge >= 0.3 is 0 Å². The summed E-state index contributed by atoms with van der Waals surface area (Å²) >= 11 is 0. The lowest BCUT2D eigenvalue weighted by atomic mass is 9.78. The zero-order valence-electron chi connectivity index (χ0n) is 16.3. The van der Waals surface area contributed by atoms with Crippen LogP contribution in [-0.4, -0.2) is 0 Å². The molecule has 0 radical (unpaired) electrons. The van der Waals surface area contributed by atoms with Crippen LogP contribution in [0.2, 0.25) is 0 Å². The Kier molecular flexibility index (Phi) is 5.78. The van der Waals surface area contributed by atoms with Crippen molar-refractivity contribution in [3.8, 4) is 0 Å². The highest BCUT2D eigenvalue weighted by Gasteiger charge is 2.30. The van der Waals surface area contributed by atoms with E-state index in [1.165, 1.54) is 48.8 Å². The summed E-state index contributed by atoms with van der Waals surface area (Å²) in [5, 5.41) is 0. The molecule has 0 amide bonds. The van der Waals surface area contributed by atoms with E-state index in [-0.39, 0.29) is 0 Å². The Hall–Kier alpha value is -1.82. The van der Waals surface area contributed by atoms with Gasteiger partial charge in [0.05, 0.1) is 0 Å². The van der Waals surface area contributed by atoms with E-state index in [1.807, 2.05) is 0 Å². The fourth-order valence-electron chi connectivity index (χ4n) is 4.40. The van der Waals surface area contributed by atoms with E-state index >= 15 is 0 Å². The smallest absolute Gasteiger partial charge is 0.0127 e. The molecule has 2 aromatic carbocycles.